The van der Waals surface area contributed by atoms with Gasteiger partial charge < -0.3 is 20.5 Å². The zero-order valence-corrected chi connectivity index (χ0v) is 16.9. The standard InChI is InChI=1S/C18H22N2O5S.ClH/c1-12-4-5-13(19)10-15(12)20-18(21)8-9-26(22,23)14-6-7-16(24-2)17(11-14)25-3;/h4-7,10-11H,8-9,19H2,1-3H3,(H,20,21);1H. The van der Waals surface area contributed by atoms with Gasteiger partial charge in [-0.15, -0.1) is 12.4 Å². The fourth-order valence-corrected chi connectivity index (χ4v) is 3.59. The molecule has 0 unspecified atom stereocenters. The number of hydrogen-bond acceptors (Lipinski definition) is 6. The van der Waals surface area contributed by atoms with Crippen molar-refractivity contribution in [2.75, 3.05) is 31.0 Å². The van der Waals surface area contributed by atoms with Crippen LogP contribution in [0.2, 0.25) is 0 Å². The van der Waals surface area contributed by atoms with Crippen molar-refractivity contribution in [3.05, 3.63) is 42.0 Å². The molecule has 148 valence electrons. The number of nitrogen functional groups attached to an aromatic ring is 1. The molecule has 9 heteroatoms. The number of hydrogen-bond donors (Lipinski definition) is 2. The fourth-order valence-electron chi connectivity index (χ4n) is 2.34. The van der Waals surface area contributed by atoms with Crippen LogP contribution in [0.25, 0.3) is 0 Å². The van der Waals surface area contributed by atoms with Gasteiger partial charge in [0.05, 0.1) is 24.9 Å². The third-order valence-corrected chi connectivity index (χ3v) is 5.56. The number of aryl methyl sites for hydroxylation is 1. The Hall–Kier alpha value is -2.45. The van der Waals surface area contributed by atoms with Crippen molar-refractivity contribution in [2.45, 2.75) is 18.2 Å². The fraction of sp³-hybridized carbons (Fsp3) is 0.278. The monoisotopic (exact) mass is 414 g/mol. The summed E-state index contributed by atoms with van der Waals surface area (Å²) in [6, 6.07) is 9.47. The summed E-state index contributed by atoms with van der Waals surface area (Å²) in [4.78, 5) is 12.2. The number of halogens is 1. The van der Waals surface area contributed by atoms with E-state index in [4.69, 9.17) is 15.2 Å². The number of carbonyl (C=O) groups is 1. The van der Waals surface area contributed by atoms with Crippen LogP contribution >= 0.6 is 12.4 Å². The highest BCUT2D eigenvalue weighted by molar-refractivity contribution is 7.91. The Morgan fingerprint density at radius 2 is 1.74 bits per heavy atom. The van der Waals surface area contributed by atoms with Gasteiger partial charge in [0.1, 0.15) is 0 Å². The van der Waals surface area contributed by atoms with E-state index in [1.165, 1.54) is 32.4 Å². The second-order valence-corrected chi connectivity index (χ2v) is 7.82. The van der Waals surface area contributed by atoms with Crippen LogP contribution in [-0.2, 0) is 14.6 Å². The van der Waals surface area contributed by atoms with Gasteiger partial charge in [0.15, 0.2) is 21.3 Å². The highest BCUT2D eigenvalue weighted by Crippen LogP contribution is 2.30. The molecule has 1 amide bonds. The summed E-state index contributed by atoms with van der Waals surface area (Å²) in [5.74, 6) is 0.0212. The molecule has 0 fully saturated rings. The van der Waals surface area contributed by atoms with E-state index in [-0.39, 0.29) is 29.5 Å². The van der Waals surface area contributed by atoms with Crippen molar-refractivity contribution < 1.29 is 22.7 Å². The van der Waals surface area contributed by atoms with Crippen LogP contribution in [0.15, 0.2) is 41.3 Å². The molecule has 0 bridgehead atoms. The first kappa shape index (κ1) is 22.6. The molecular formula is C18H23ClN2O5S. The van der Waals surface area contributed by atoms with Crippen molar-refractivity contribution in [3.63, 3.8) is 0 Å². The molecule has 0 radical (unpaired) electrons. The van der Waals surface area contributed by atoms with Gasteiger partial charge in [-0.2, -0.15) is 0 Å². The third-order valence-electron chi connectivity index (χ3n) is 3.85. The van der Waals surface area contributed by atoms with Gasteiger partial charge in [-0.1, -0.05) is 6.07 Å². The third kappa shape index (κ3) is 5.77. The van der Waals surface area contributed by atoms with Crippen molar-refractivity contribution in [1.29, 1.82) is 0 Å². The summed E-state index contributed by atoms with van der Waals surface area (Å²) in [5, 5.41) is 2.69. The van der Waals surface area contributed by atoms with Crippen LogP contribution in [0.4, 0.5) is 11.4 Å². The Balaban J connectivity index is 0.00000364. The second kappa shape index (κ2) is 9.48. The van der Waals surface area contributed by atoms with Crippen LogP contribution in [-0.4, -0.2) is 34.3 Å². The Morgan fingerprint density at radius 1 is 1.07 bits per heavy atom. The first-order valence-electron chi connectivity index (χ1n) is 7.87. The summed E-state index contributed by atoms with van der Waals surface area (Å²) in [6.07, 6.45) is -0.176. The minimum Gasteiger partial charge on any atom is -0.493 e. The molecule has 7 nitrogen and oxygen atoms in total. The summed E-state index contributed by atoms with van der Waals surface area (Å²) in [7, 11) is -0.751. The molecule has 2 rings (SSSR count). The van der Waals surface area contributed by atoms with Gasteiger partial charge in [0.25, 0.3) is 0 Å². The first-order valence-corrected chi connectivity index (χ1v) is 9.53. The minimum atomic E-state index is -3.64. The number of carbonyl (C=O) groups excluding carboxylic acids is 1. The molecule has 2 aromatic rings. The average Bonchev–Trinajstić information content (AvgIpc) is 2.62. The number of nitrogens with one attached hydrogen (secondary N) is 1. The lowest BCUT2D eigenvalue weighted by molar-refractivity contribution is -0.115. The number of benzene rings is 2. The predicted molar refractivity (Wildman–Crippen MR) is 108 cm³/mol. The molecule has 27 heavy (non-hydrogen) atoms. The number of sulfone groups is 1. The second-order valence-electron chi connectivity index (χ2n) is 5.71. The summed E-state index contributed by atoms with van der Waals surface area (Å²) in [5.41, 5.74) is 7.63. The molecule has 0 saturated heterocycles. The molecule has 3 N–H and O–H groups in total. The van der Waals surface area contributed by atoms with Crippen molar-refractivity contribution in [3.8, 4) is 11.5 Å². The van der Waals surface area contributed by atoms with E-state index in [1.807, 2.05) is 6.92 Å². The number of ether oxygens (including phenoxy) is 2. The molecule has 0 heterocycles. The smallest absolute Gasteiger partial charge is 0.225 e. The van der Waals surface area contributed by atoms with Crippen molar-refractivity contribution >= 4 is 39.5 Å². The molecule has 0 aromatic heterocycles. The van der Waals surface area contributed by atoms with Gasteiger partial charge in [-0.25, -0.2) is 8.42 Å². The molecular weight excluding hydrogens is 392 g/mol. The van der Waals surface area contributed by atoms with Crippen LogP contribution in [0.1, 0.15) is 12.0 Å². The zero-order chi connectivity index (χ0) is 19.3. The number of rotatable bonds is 7. The Bertz CT molecular complexity index is 916. The van der Waals surface area contributed by atoms with Crippen molar-refractivity contribution in [1.82, 2.24) is 0 Å². The highest BCUT2D eigenvalue weighted by atomic mass is 35.5. The van der Waals surface area contributed by atoms with Gasteiger partial charge >= 0.3 is 0 Å². The molecule has 0 aliphatic rings. The molecule has 0 spiro atoms. The van der Waals surface area contributed by atoms with Crippen LogP contribution in [0, 0.1) is 6.92 Å². The molecule has 0 saturated carbocycles. The number of amides is 1. The summed E-state index contributed by atoms with van der Waals surface area (Å²) >= 11 is 0. The van der Waals surface area contributed by atoms with Gasteiger partial charge in [-0.05, 0) is 36.8 Å². The maximum Gasteiger partial charge on any atom is 0.225 e. The SMILES string of the molecule is COc1ccc(S(=O)(=O)CCC(=O)Nc2cc(N)ccc2C)cc1OC.Cl. The van der Waals surface area contributed by atoms with E-state index in [9.17, 15) is 13.2 Å². The lowest BCUT2D eigenvalue weighted by Gasteiger charge is -2.11. The Kier molecular flexibility index (Phi) is 7.93. The van der Waals surface area contributed by atoms with E-state index in [0.29, 0.717) is 22.9 Å². The number of anilines is 2. The maximum absolute atomic E-state index is 12.5. The highest BCUT2D eigenvalue weighted by Gasteiger charge is 2.19. The molecule has 2 aromatic carbocycles. The zero-order valence-electron chi connectivity index (χ0n) is 15.3. The quantitative estimate of drug-likeness (QED) is 0.674. The molecule has 0 atom stereocenters. The Morgan fingerprint density at radius 3 is 2.37 bits per heavy atom. The van der Waals surface area contributed by atoms with Crippen LogP contribution in [0.3, 0.4) is 0 Å². The predicted octanol–water partition coefficient (Wildman–Crippen LogP) is 2.82. The van der Waals surface area contributed by atoms with Crippen LogP contribution in [0.5, 0.6) is 11.5 Å². The summed E-state index contributed by atoms with van der Waals surface area (Å²) < 4.78 is 35.2. The number of nitrogens with two attached hydrogens (primary N) is 1. The maximum atomic E-state index is 12.5. The van der Waals surface area contributed by atoms with Gasteiger partial charge in [0.2, 0.25) is 5.91 Å². The largest absolute Gasteiger partial charge is 0.493 e. The van der Waals surface area contributed by atoms with Crippen molar-refractivity contribution in [2.24, 2.45) is 0 Å². The topological polar surface area (TPSA) is 108 Å². The lowest BCUT2D eigenvalue weighted by atomic mass is 10.2. The van der Waals surface area contributed by atoms with Gasteiger partial charge in [-0.3, -0.25) is 4.79 Å². The minimum absolute atomic E-state index is 0. The van der Waals surface area contributed by atoms with E-state index >= 15 is 0 Å². The normalized spacial score (nSPS) is 10.6. The molecule has 0 aliphatic heterocycles. The lowest BCUT2D eigenvalue weighted by Crippen LogP contribution is -2.18. The van der Waals surface area contributed by atoms with E-state index < -0.39 is 15.7 Å². The van der Waals surface area contributed by atoms with E-state index in [2.05, 4.69) is 5.32 Å². The van der Waals surface area contributed by atoms with Crippen LogP contribution < -0.4 is 20.5 Å². The molecule has 0 aliphatic carbocycles. The van der Waals surface area contributed by atoms with E-state index in [1.54, 1.807) is 18.2 Å². The number of methoxy groups -OCH3 is 2. The first-order chi connectivity index (χ1) is 12.3. The average molecular weight is 415 g/mol. The summed E-state index contributed by atoms with van der Waals surface area (Å²) in [6.45, 7) is 1.83. The van der Waals surface area contributed by atoms with Gasteiger partial charge in [0, 0.05) is 23.9 Å². The van der Waals surface area contributed by atoms with E-state index in [0.717, 1.165) is 5.56 Å². The Labute approximate surface area is 165 Å².